The molecule has 2 heterocycles. The van der Waals surface area contributed by atoms with Crippen molar-refractivity contribution in [2.75, 3.05) is 0 Å². The van der Waals surface area contributed by atoms with Gasteiger partial charge in [-0.3, -0.25) is 9.98 Å². The van der Waals surface area contributed by atoms with E-state index in [0.29, 0.717) is 23.1 Å². The van der Waals surface area contributed by atoms with Crippen molar-refractivity contribution in [1.29, 1.82) is 0 Å². The van der Waals surface area contributed by atoms with E-state index in [1.54, 1.807) is 18.3 Å². The molecule has 1 N–H and O–H groups in total. The van der Waals surface area contributed by atoms with Crippen molar-refractivity contribution >= 4 is 11.4 Å². The fraction of sp³-hybridized carbons (Fsp3) is 0.393. The van der Waals surface area contributed by atoms with Crippen LogP contribution in [0.15, 0.2) is 46.0 Å². The van der Waals surface area contributed by atoms with Crippen LogP contribution >= 0.6 is 0 Å². The predicted octanol–water partition coefficient (Wildman–Crippen LogP) is 6.06. The lowest BCUT2D eigenvalue weighted by Crippen LogP contribution is -2.27. The molecule has 0 saturated heterocycles. The number of aromatic nitrogens is 2. The summed E-state index contributed by atoms with van der Waals surface area (Å²) in [5.74, 6) is 4.21. The Balaban J connectivity index is 2.02. The third-order valence-corrected chi connectivity index (χ3v) is 6.61. The highest BCUT2D eigenvalue weighted by molar-refractivity contribution is 5.93. The second-order valence-corrected chi connectivity index (χ2v) is 9.08. The number of aryl methyl sites for hydroxylation is 3. The first-order chi connectivity index (χ1) is 15.8. The molecule has 5 heteroatoms. The maximum atomic E-state index is 11.9. The van der Waals surface area contributed by atoms with Gasteiger partial charge in [-0.05, 0) is 87.3 Å². The predicted molar refractivity (Wildman–Crippen MR) is 131 cm³/mol. The first-order valence-corrected chi connectivity index (χ1v) is 11.6. The summed E-state index contributed by atoms with van der Waals surface area (Å²) < 4.78 is 5.41. The lowest BCUT2D eigenvalue weighted by molar-refractivity contribution is 0.141. The van der Waals surface area contributed by atoms with E-state index in [9.17, 15) is 5.11 Å². The third kappa shape index (κ3) is 4.24. The minimum atomic E-state index is -1.73. The standard InChI is InChI=1S/C28H31N3O2/c1-7-17(3)26(21-12-13-21)30-27-18(4)15-22(25-19(5)31-33-20(25)6)16-23(27)28(32,8-2)24-11-9-10-14-29-24/h2,9-11,14-17,21,32H,7,12-13H2,1,3-6H3. The van der Waals surface area contributed by atoms with Crippen molar-refractivity contribution in [3.8, 4) is 23.5 Å². The Morgan fingerprint density at radius 3 is 2.61 bits per heavy atom. The highest BCUT2D eigenvalue weighted by Crippen LogP contribution is 2.43. The van der Waals surface area contributed by atoms with E-state index < -0.39 is 5.60 Å². The molecule has 0 bridgehead atoms. The SMILES string of the molecule is C#CC(O)(c1ccccn1)c1cc(-c2c(C)noc2C)cc(C)c1N=C(C(C)CC)C1CC1. The molecular formula is C28H31N3O2. The monoisotopic (exact) mass is 441 g/mol. The summed E-state index contributed by atoms with van der Waals surface area (Å²) in [6.45, 7) is 10.2. The molecule has 1 saturated carbocycles. The van der Waals surface area contributed by atoms with Crippen LogP contribution in [0.5, 0.6) is 0 Å². The lowest BCUT2D eigenvalue weighted by atomic mass is 9.85. The van der Waals surface area contributed by atoms with Crippen LogP contribution < -0.4 is 0 Å². The van der Waals surface area contributed by atoms with Crippen molar-refractivity contribution in [2.24, 2.45) is 16.8 Å². The molecule has 33 heavy (non-hydrogen) atoms. The molecule has 0 aliphatic heterocycles. The maximum Gasteiger partial charge on any atom is 0.195 e. The summed E-state index contributed by atoms with van der Waals surface area (Å²) in [6, 6.07) is 9.38. The fourth-order valence-electron chi connectivity index (χ4n) is 4.43. The van der Waals surface area contributed by atoms with E-state index in [2.05, 4.69) is 36.0 Å². The molecule has 4 rings (SSSR count). The summed E-state index contributed by atoms with van der Waals surface area (Å²) >= 11 is 0. The molecule has 2 unspecified atom stereocenters. The van der Waals surface area contributed by atoms with Gasteiger partial charge < -0.3 is 9.63 Å². The number of aliphatic hydroxyl groups is 1. The Kier molecular flexibility index (Phi) is 6.23. The van der Waals surface area contributed by atoms with Crippen molar-refractivity contribution in [2.45, 2.75) is 59.5 Å². The summed E-state index contributed by atoms with van der Waals surface area (Å²) in [5.41, 5.74) is 4.65. The van der Waals surface area contributed by atoms with Crippen LogP contribution in [0.2, 0.25) is 0 Å². The van der Waals surface area contributed by atoms with E-state index in [4.69, 9.17) is 15.9 Å². The topological polar surface area (TPSA) is 71.5 Å². The van der Waals surface area contributed by atoms with Crippen molar-refractivity contribution in [3.05, 3.63) is 64.8 Å². The molecule has 5 nitrogen and oxygen atoms in total. The zero-order valence-electron chi connectivity index (χ0n) is 20.0. The molecule has 3 aromatic rings. The van der Waals surface area contributed by atoms with E-state index in [1.165, 1.54) is 5.71 Å². The number of hydrogen-bond donors (Lipinski definition) is 1. The molecule has 1 aromatic carbocycles. The molecule has 0 spiro atoms. The minimum absolute atomic E-state index is 0.362. The Labute approximate surface area is 196 Å². The van der Waals surface area contributed by atoms with E-state index in [1.807, 2.05) is 32.9 Å². The highest BCUT2D eigenvalue weighted by Gasteiger charge is 2.36. The molecule has 170 valence electrons. The second-order valence-electron chi connectivity index (χ2n) is 9.08. The number of hydrogen-bond acceptors (Lipinski definition) is 5. The number of terminal acetylenes is 1. The van der Waals surface area contributed by atoms with Crippen LogP contribution in [-0.4, -0.2) is 21.0 Å². The van der Waals surface area contributed by atoms with Crippen molar-refractivity contribution in [3.63, 3.8) is 0 Å². The van der Waals surface area contributed by atoms with Gasteiger partial charge in [-0.1, -0.05) is 31.0 Å². The summed E-state index contributed by atoms with van der Waals surface area (Å²) in [5, 5.41) is 16.0. The Morgan fingerprint density at radius 2 is 2.06 bits per heavy atom. The molecule has 2 atom stereocenters. The van der Waals surface area contributed by atoms with Crippen LogP contribution in [-0.2, 0) is 5.60 Å². The Bertz CT molecular complexity index is 1210. The van der Waals surface area contributed by atoms with Crippen LogP contribution in [0.4, 0.5) is 5.69 Å². The number of nitrogens with zero attached hydrogens (tertiary/aromatic N) is 3. The molecular weight excluding hydrogens is 410 g/mol. The molecule has 0 radical (unpaired) electrons. The van der Waals surface area contributed by atoms with Gasteiger partial charge in [0, 0.05) is 23.0 Å². The van der Waals surface area contributed by atoms with Crippen LogP contribution in [0.25, 0.3) is 11.1 Å². The molecule has 1 aliphatic carbocycles. The van der Waals surface area contributed by atoms with Gasteiger partial charge in [0.1, 0.15) is 5.76 Å². The molecule has 2 aromatic heterocycles. The summed E-state index contributed by atoms with van der Waals surface area (Å²) in [7, 11) is 0. The van der Waals surface area contributed by atoms with Gasteiger partial charge in [-0.2, -0.15) is 0 Å². The van der Waals surface area contributed by atoms with Gasteiger partial charge in [0.25, 0.3) is 0 Å². The van der Waals surface area contributed by atoms with Gasteiger partial charge in [-0.25, -0.2) is 0 Å². The first kappa shape index (κ1) is 22.9. The fourth-order valence-corrected chi connectivity index (χ4v) is 4.43. The zero-order valence-corrected chi connectivity index (χ0v) is 20.0. The zero-order chi connectivity index (χ0) is 23.8. The van der Waals surface area contributed by atoms with E-state index in [-0.39, 0.29) is 0 Å². The number of aliphatic imine (C=N–C) groups is 1. The average molecular weight is 442 g/mol. The highest BCUT2D eigenvalue weighted by atomic mass is 16.5. The van der Waals surface area contributed by atoms with E-state index in [0.717, 1.165) is 53.1 Å². The van der Waals surface area contributed by atoms with Crippen LogP contribution in [0, 0.1) is 45.0 Å². The Morgan fingerprint density at radius 1 is 1.30 bits per heavy atom. The van der Waals surface area contributed by atoms with Crippen LogP contribution in [0.1, 0.15) is 61.4 Å². The normalized spacial score (nSPS) is 16.8. The van der Waals surface area contributed by atoms with Gasteiger partial charge in [0.05, 0.1) is 17.1 Å². The van der Waals surface area contributed by atoms with Gasteiger partial charge in [0.2, 0.25) is 0 Å². The molecule has 0 amide bonds. The number of rotatable bonds is 7. The van der Waals surface area contributed by atoms with Gasteiger partial charge >= 0.3 is 0 Å². The molecule has 1 aliphatic rings. The largest absolute Gasteiger partial charge is 0.368 e. The average Bonchev–Trinajstić information content (AvgIpc) is 3.61. The van der Waals surface area contributed by atoms with Crippen molar-refractivity contribution < 1.29 is 9.63 Å². The van der Waals surface area contributed by atoms with Gasteiger partial charge in [0.15, 0.2) is 5.60 Å². The first-order valence-electron chi connectivity index (χ1n) is 11.6. The summed E-state index contributed by atoms with van der Waals surface area (Å²) in [4.78, 5) is 9.59. The Hall–Kier alpha value is -3.23. The maximum absolute atomic E-state index is 11.9. The lowest BCUT2D eigenvalue weighted by Gasteiger charge is -2.26. The van der Waals surface area contributed by atoms with Gasteiger partial charge in [-0.15, -0.1) is 6.42 Å². The minimum Gasteiger partial charge on any atom is -0.368 e. The smallest absolute Gasteiger partial charge is 0.195 e. The molecule has 1 fully saturated rings. The van der Waals surface area contributed by atoms with E-state index >= 15 is 0 Å². The quantitative estimate of drug-likeness (QED) is 0.357. The summed E-state index contributed by atoms with van der Waals surface area (Å²) in [6.07, 6.45) is 11.0. The number of pyridine rings is 1. The van der Waals surface area contributed by atoms with Crippen LogP contribution in [0.3, 0.4) is 0 Å². The second kappa shape index (κ2) is 8.96. The van der Waals surface area contributed by atoms with Crippen molar-refractivity contribution in [1.82, 2.24) is 10.1 Å². The third-order valence-electron chi connectivity index (χ3n) is 6.61. The number of benzene rings is 1.